The first-order valence-corrected chi connectivity index (χ1v) is 22.6. The molecule has 5 aliphatic rings. The molecule has 9 rings (SSSR count). The summed E-state index contributed by atoms with van der Waals surface area (Å²) in [6.45, 7) is 10.2. The zero-order chi connectivity index (χ0) is 44.8. The average Bonchev–Trinajstić information content (AvgIpc) is 3.59. The van der Waals surface area contributed by atoms with Crippen LogP contribution in [0.1, 0.15) is 81.4 Å². The number of rotatable bonds is 12. The lowest BCUT2D eigenvalue weighted by Crippen LogP contribution is -2.59. The number of nitrogens with one attached hydrogen (secondary N) is 3. The van der Waals surface area contributed by atoms with Crippen molar-refractivity contribution in [1.29, 1.82) is 0 Å². The van der Waals surface area contributed by atoms with Crippen molar-refractivity contribution in [1.82, 2.24) is 40.0 Å². The van der Waals surface area contributed by atoms with Crippen LogP contribution < -0.4 is 36.0 Å². The molecule has 0 radical (unpaired) electrons. The molecule has 4 fully saturated rings. The molecule has 338 valence electrons. The summed E-state index contributed by atoms with van der Waals surface area (Å²) in [5.41, 5.74) is 2.34. The Bertz CT molecular complexity index is 2540. The summed E-state index contributed by atoms with van der Waals surface area (Å²) in [7, 11) is 1.51. The predicted octanol–water partition coefficient (Wildman–Crippen LogP) is 3.78. The number of anilines is 4. The summed E-state index contributed by atoms with van der Waals surface area (Å²) < 4.78 is 13.9. The van der Waals surface area contributed by atoms with Gasteiger partial charge in [0.15, 0.2) is 18.2 Å². The van der Waals surface area contributed by atoms with Crippen LogP contribution in [0.3, 0.4) is 0 Å². The molecule has 1 saturated carbocycles. The molecule has 4 aliphatic heterocycles. The van der Waals surface area contributed by atoms with Crippen molar-refractivity contribution in [3.63, 3.8) is 0 Å². The quantitative estimate of drug-likeness (QED) is 0.174. The highest BCUT2D eigenvalue weighted by Gasteiger charge is 2.42. The van der Waals surface area contributed by atoms with E-state index in [2.05, 4.69) is 42.6 Å². The van der Waals surface area contributed by atoms with Crippen LogP contribution in [-0.2, 0) is 25.7 Å². The van der Waals surface area contributed by atoms with Crippen LogP contribution in [0.5, 0.6) is 5.75 Å². The normalized spacial score (nSPS) is 23.0. The summed E-state index contributed by atoms with van der Waals surface area (Å²) in [5.74, 6) is 0.714. The van der Waals surface area contributed by atoms with Gasteiger partial charge in [-0.25, -0.2) is 9.97 Å². The Morgan fingerprint density at radius 2 is 1.77 bits per heavy atom. The van der Waals surface area contributed by atoms with Crippen molar-refractivity contribution in [3.05, 3.63) is 69.2 Å². The minimum absolute atomic E-state index is 0.0917. The number of aromatic nitrogens is 4. The van der Waals surface area contributed by atoms with Gasteiger partial charge in [-0.2, -0.15) is 4.98 Å². The Balaban J connectivity index is 0.749. The summed E-state index contributed by atoms with van der Waals surface area (Å²) in [4.78, 5) is 85.3. The number of nitrogens with zero attached hydrogens (tertiary/aromatic N) is 8. The molecule has 18 nitrogen and oxygen atoms in total. The summed E-state index contributed by atoms with van der Waals surface area (Å²) in [6, 6.07) is 10.9. The molecule has 1 aromatic carbocycles. The lowest BCUT2D eigenvalue weighted by atomic mass is 9.86. The molecule has 4 amide bonds. The van der Waals surface area contributed by atoms with Gasteiger partial charge in [-0.1, -0.05) is 11.6 Å². The average molecular weight is 896 g/mol. The van der Waals surface area contributed by atoms with Gasteiger partial charge in [-0.3, -0.25) is 34.2 Å². The SMILES string of the molecule is CNC(=O)COc1cc2cc(Nc3nc(N4CCC(OC5CC(N6CCN(c7ccc8c(n7)CN([C@@H]7CCC(=O)NC7=O)C8=O)[C@@H](C)C6)C5)CC4)ncc3Cl)ccc2n(C(C)C)c1=O. The van der Waals surface area contributed by atoms with Crippen molar-refractivity contribution in [2.24, 2.45) is 0 Å². The lowest BCUT2D eigenvalue weighted by Gasteiger charge is -2.49. The molecule has 0 unspecified atom stereocenters. The van der Waals surface area contributed by atoms with E-state index in [0.717, 1.165) is 75.1 Å². The second-order valence-corrected chi connectivity index (χ2v) is 18.1. The zero-order valence-electron chi connectivity index (χ0n) is 36.5. The molecule has 3 aromatic heterocycles. The number of piperidine rings is 2. The number of likely N-dealkylation sites (N-methyl/N-ethyl adjacent to an activating group) is 1. The molecule has 2 atom stereocenters. The topological polar surface area (TPSA) is 196 Å². The summed E-state index contributed by atoms with van der Waals surface area (Å²) >= 11 is 6.60. The van der Waals surface area contributed by atoms with Gasteiger partial charge in [-0.05, 0) is 89.3 Å². The fraction of sp³-hybridized carbons (Fsp3) is 0.511. The Morgan fingerprint density at radius 3 is 2.50 bits per heavy atom. The van der Waals surface area contributed by atoms with E-state index in [-0.39, 0.29) is 72.9 Å². The number of hydrogen-bond acceptors (Lipinski definition) is 14. The molecular weight excluding hydrogens is 842 g/mol. The first kappa shape index (κ1) is 43.4. The largest absolute Gasteiger partial charge is 0.478 e. The molecule has 0 bridgehead atoms. The summed E-state index contributed by atoms with van der Waals surface area (Å²) in [6.07, 6.45) is 6.29. The van der Waals surface area contributed by atoms with Crippen molar-refractivity contribution in [3.8, 4) is 5.75 Å². The van der Waals surface area contributed by atoms with E-state index in [4.69, 9.17) is 31.0 Å². The van der Waals surface area contributed by atoms with Crippen LogP contribution in [0.4, 0.5) is 23.3 Å². The first-order valence-electron chi connectivity index (χ1n) is 22.2. The van der Waals surface area contributed by atoms with Crippen LogP contribution in [-0.4, -0.2) is 130 Å². The molecule has 19 heteroatoms. The van der Waals surface area contributed by atoms with E-state index in [0.29, 0.717) is 46.2 Å². The van der Waals surface area contributed by atoms with Gasteiger partial charge in [0.2, 0.25) is 17.8 Å². The second-order valence-electron chi connectivity index (χ2n) is 17.7. The minimum Gasteiger partial charge on any atom is -0.478 e. The van der Waals surface area contributed by atoms with Crippen molar-refractivity contribution >= 4 is 69.4 Å². The maximum atomic E-state index is 13.2. The standard InChI is InChI=1S/C45H54ClN11O7/c1-25(2)57-35-7-5-28(17-27(35)18-37(44(57)62)63-24-40(59)47-4)49-41-33(46)21-48-45(52-41)53-13-11-30(12-14-53)64-31-19-29(20-31)54-15-16-55(26(3)22-54)38-9-6-32-34(50-38)23-56(43(32)61)36-8-10-39(58)51-42(36)60/h5-7,9,17-18,21,25-26,29-31,36H,8,10-16,19-20,22-24H2,1-4H3,(H,47,59)(H,48,49,52)(H,51,58,60)/t26-,29?,31?,36+/m0/s1. The highest BCUT2D eigenvalue weighted by molar-refractivity contribution is 6.33. The Morgan fingerprint density at radius 1 is 0.969 bits per heavy atom. The maximum Gasteiger partial charge on any atom is 0.293 e. The van der Waals surface area contributed by atoms with Crippen LogP contribution in [0.2, 0.25) is 5.02 Å². The fourth-order valence-electron chi connectivity index (χ4n) is 9.62. The van der Waals surface area contributed by atoms with E-state index in [1.54, 1.807) is 21.7 Å². The molecular formula is C45H54ClN11O7. The lowest BCUT2D eigenvalue weighted by molar-refractivity contribution is -0.137. The van der Waals surface area contributed by atoms with Crippen LogP contribution in [0, 0.1) is 0 Å². The molecule has 64 heavy (non-hydrogen) atoms. The number of carbonyl (C=O) groups is 4. The third-order valence-corrected chi connectivity index (χ3v) is 13.4. The third-order valence-electron chi connectivity index (χ3n) is 13.2. The minimum atomic E-state index is -0.656. The number of pyridine rings is 2. The number of benzene rings is 1. The van der Waals surface area contributed by atoms with Crippen molar-refractivity contribution in [2.75, 3.05) is 61.5 Å². The van der Waals surface area contributed by atoms with Gasteiger partial charge in [0, 0.05) is 75.4 Å². The van der Waals surface area contributed by atoms with E-state index >= 15 is 0 Å². The zero-order valence-corrected chi connectivity index (χ0v) is 37.3. The monoisotopic (exact) mass is 895 g/mol. The van der Waals surface area contributed by atoms with Crippen LogP contribution in [0.15, 0.2) is 47.4 Å². The number of fused-ring (bicyclic) bond motifs is 2. The predicted molar refractivity (Wildman–Crippen MR) is 240 cm³/mol. The van der Waals surface area contributed by atoms with Gasteiger partial charge in [-0.15, -0.1) is 0 Å². The Kier molecular flexibility index (Phi) is 12.2. The number of piperazine rings is 1. The Hall–Kier alpha value is -5.85. The molecule has 4 aromatic rings. The first-order chi connectivity index (χ1) is 30.8. The number of hydrogen-bond donors (Lipinski definition) is 3. The number of ether oxygens (including phenoxy) is 2. The Labute approximate surface area is 375 Å². The highest BCUT2D eigenvalue weighted by Crippen LogP contribution is 2.35. The smallest absolute Gasteiger partial charge is 0.293 e. The van der Waals surface area contributed by atoms with Crippen molar-refractivity contribution in [2.45, 2.75) is 102 Å². The number of halogens is 1. The van der Waals surface area contributed by atoms with Gasteiger partial charge in [0.25, 0.3) is 17.4 Å². The number of imide groups is 1. The van der Waals surface area contributed by atoms with E-state index in [1.807, 2.05) is 44.2 Å². The molecule has 1 aliphatic carbocycles. The van der Waals surface area contributed by atoms with Crippen LogP contribution >= 0.6 is 11.6 Å². The van der Waals surface area contributed by atoms with E-state index < -0.39 is 11.9 Å². The molecule has 3 N–H and O–H groups in total. The molecule has 0 spiro atoms. The number of amides is 4. The second kappa shape index (κ2) is 18.0. The van der Waals surface area contributed by atoms with Crippen LogP contribution in [0.25, 0.3) is 10.9 Å². The highest BCUT2D eigenvalue weighted by atomic mass is 35.5. The number of carbonyl (C=O) groups excluding carboxylic acids is 4. The van der Waals surface area contributed by atoms with Gasteiger partial charge >= 0.3 is 0 Å². The molecule has 3 saturated heterocycles. The van der Waals surface area contributed by atoms with E-state index in [1.165, 1.54) is 7.05 Å². The molecule has 7 heterocycles. The van der Waals surface area contributed by atoms with E-state index in [9.17, 15) is 24.0 Å². The summed E-state index contributed by atoms with van der Waals surface area (Å²) in [5, 5.41) is 9.32. The van der Waals surface area contributed by atoms with Crippen molar-refractivity contribution < 1.29 is 28.7 Å². The fourth-order valence-corrected chi connectivity index (χ4v) is 9.76. The van der Waals surface area contributed by atoms with Gasteiger partial charge < -0.3 is 39.4 Å². The van der Waals surface area contributed by atoms with Gasteiger partial charge in [0.1, 0.15) is 16.9 Å². The van der Waals surface area contributed by atoms with Gasteiger partial charge in [0.05, 0.1) is 41.7 Å². The third kappa shape index (κ3) is 8.69. The maximum absolute atomic E-state index is 13.2.